The third-order valence-electron chi connectivity index (χ3n) is 8.51. The lowest BCUT2D eigenvalue weighted by molar-refractivity contribution is 0.00864. The number of anilines is 2. The molecule has 1 aliphatic heterocycles. The first kappa shape index (κ1) is 30.6. The van der Waals surface area contributed by atoms with Gasteiger partial charge in [-0.3, -0.25) is 4.78 Å². The molecule has 0 saturated heterocycles. The second kappa shape index (κ2) is 10.5. The Morgan fingerprint density at radius 3 is 2.51 bits per heavy atom. The summed E-state index contributed by atoms with van der Waals surface area (Å²) in [5.74, 6) is 1.13. The molecular formula is C30H42N6O4S. The van der Waals surface area contributed by atoms with Gasteiger partial charge in [0.1, 0.15) is 17.7 Å². The highest BCUT2D eigenvalue weighted by Crippen LogP contribution is 2.38. The molecule has 0 amide bonds. The number of nitrogens with two attached hydrogens (primary N) is 1. The van der Waals surface area contributed by atoms with Gasteiger partial charge in [-0.1, -0.05) is 20.8 Å². The van der Waals surface area contributed by atoms with Crippen LogP contribution in [-0.2, 0) is 25.4 Å². The average Bonchev–Trinajstić information content (AvgIpc) is 2.86. The molecule has 0 fully saturated rings. The fraction of sp³-hybridized carbons (Fsp3) is 0.533. The van der Waals surface area contributed by atoms with Crippen molar-refractivity contribution < 1.29 is 18.5 Å². The molecule has 0 aromatic carbocycles. The highest BCUT2D eigenvalue weighted by Gasteiger charge is 2.41. The van der Waals surface area contributed by atoms with E-state index < -0.39 is 25.4 Å². The van der Waals surface area contributed by atoms with Crippen molar-refractivity contribution in [1.29, 1.82) is 4.78 Å². The summed E-state index contributed by atoms with van der Waals surface area (Å²) in [5.41, 5.74) is 7.56. The lowest BCUT2D eigenvalue weighted by Crippen LogP contribution is -2.42. The molecule has 4 rings (SSSR count). The summed E-state index contributed by atoms with van der Waals surface area (Å²) in [7, 11) is -2.79. The number of hydrogen-bond acceptors (Lipinski definition) is 10. The first-order valence-corrected chi connectivity index (χ1v) is 15.8. The summed E-state index contributed by atoms with van der Waals surface area (Å²) in [6, 6.07) is 5.37. The fourth-order valence-electron chi connectivity index (χ4n) is 4.88. The van der Waals surface area contributed by atoms with Crippen LogP contribution in [0.15, 0.2) is 30.6 Å². The molecule has 1 unspecified atom stereocenters. The van der Waals surface area contributed by atoms with Gasteiger partial charge in [0.2, 0.25) is 5.88 Å². The second-order valence-electron chi connectivity index (χ2n) is 12.6. The number of nitrogens with one attached hydrogen (secondary N) is 2. The van der Waals surface area contributed by atoms with Crippen LogP contribution in [0.25, 0.3) is 10.8 Å². The molecule has 0 radical (unpaired) electrons. The third-order valence-corrected chi connectivity index (χ3v) is 10.8. The van der Waals surface area contributed by atoms with Gasteiger partial charge in [0.25, 0.3) is 0 Å². The topological polar surface area (TPSA) is 153 Å². The van der Waals surface area contributed by atoms with E-state index in [9.17, 15) is 9.00 Å². The zero-order valence-corrected chi connectivity index (χ0v) is 26.2. The Kier molecular flexibility index (Phi) is 7.85. The highest BCUT2D eigenvalue weighted by molar-refractivity contribution is 7.93. The maximum Gasteiger partial charge on any atom is 0.340 e. The molecule has 0 saturated carbocycles. The highest BCUT2D eigenvalue weighted by atomic mass is 32.2. The minimum absolute atomic E-state index is 0.313. The maximum absolute atomic E-state index is 12.5. The van der Waals surface area contributed by atoms with Crippen molar-refractivity contribution in [3.63, 3.8) is 0 Å². The van der Waals surface area contributed by atoms with Crippen molar-refractivity contribution in [2.75, 3.05) is 11.6 Å². The summed E-state index contributed by atoms with van der Waals surface area (Å²) in [5, 5.41) is 4.82. The molecule has 4 heterocycles. The van der Waals surface area contributed by atoms with Gasteiger partial charge in [-0.2, -0.15) is 0 Å². The smallest absolute Gasteiger partial charge is 0.340 e. The van der Waals surface area contributed by atoms with Gasteiger partial charge in [0.05, 0.1) is 27.5 Å². The zero-order chi connectivity index (χ0) is 30.5. The van der Waals surface area contributed by atoms with Gasteiger partial charge < -0.3 is 20.5 Å². The van der Waals surface area contributed by atoms with Crippen LogP contribution < -0.4 is 15.8 Å². The number of nitrogens with zero attached hydrogens (tertiary/aromatic N) is 3. The summed E-state index contributed by atoms with van der Waals surface area (Å²) in [6.07, 6.45) is 5.34. The number of aromatic nitrogens is 3. The van der Waals surface area contributed by atoms with Crippen molar-refractivity contribution in [3.05, 3.63) is 47.4 Å². The van der Waals surface area contributed by atoms with Crippen LogP contribution >= 0.6 is 0 Å². The number of hydrogen-bond donors (Lipinski definition) is 3. The Morgan fingerprint density at radius 2 is 1.88 bits per heavy atom. The summed E-state index contributed by atoms with van der Waals surface area (Å²) in [4.78, 5) is 26.5. The van der Waals surface area contributed by atoms with Crippen LogP contribution in [0.3, 0.4) is 0 Å². The van der Waals surface area contributed by atoms with Crippen LogP contribution in [0.4, 0.5) is 11.6 Å². The van der Waals surface area contributed by atoms with Gasteiger partial charge in [0, 0.05) is 45.8 Å². The van der Waals surface area contributed by atoms with E-state index >= 15 is 0 Å². The van der Waals surface area contributed by atoms with Crippen molar-refractivity contribution in [2.45, 2.75) is 96.1 Å². The first-order chi connectivity index (χ1) is 18.9. The molecule has 3 aromatic rings. The number of cyclic esters (lactones) is 1. The van der Waals surface area contributed by atoms with Gasteiger partial charge in [-0.15, -0.1) is 0 Å². The molecule has 11 heteroatoms. The Balaban J connectivity index is 1.73. The van der Waals surface area contributed by atoms with Gasteiger partial charge in [0.15, 0.2) is 0 Å². The molecule has 0 aliphatic carbocycles. The maximum atomic E-state index is 12.5. The first-order valence-electron chi connectivity index (χ1n) is 13.8. The summed E-state index contributed by atoms with van der Waals surface area (Å²) in [6.45, 7) is 15.4. The third kappa shape index (κ3) is 5.88. The van der Waals surface area contributed by atoms with Gasteiger partial charge >= 0.3 is 5.97 Å². The lowest BCUT2D eigenvalue weighted by atomic mass is 9.79. The van der Waals surface area contributed by atoms with Crippen molar-refractivity contribution in [2.24, 2.45) is 5.73 Å². The number of pyridine rings is 3. The predicted molar refractivity (Wildman–Crippen MR) is 162 cm³/mol. The molecule has 1 aliphatic rings. The number of carbonyl (C=O) groups is 1. The molecule has 0 spiro atoms. The standard InChI is InChI=1S/C30H42N6O4S/c1-10-30(8,31)22-16-34-26(39-17(2)14-28(4,5)41(9,32)38)21-15-33-24(13-20(21)22)35-23-12-11-19-25(36-23)29(6,7)18(3)40-27(19)37/h11-13,15-18,32H,10,14,31H2,1-9H3,(H,33,35,36)/t17-,18-,30+,41?/m0/s1. The molecule has 10 nitrogen and oxygen atoms in total. The summed E-state index contributed by atoms with van der Waals surface area (Å²) < 4.78 is 31.5. The van der Waals surface area contributed by atoms with Crippen LogP contribution in [0, 0.1) is 4.78 Å². The number of carbonyl (C=O) groups excluding carboxylic acids is 1. The summed E-state index contributed by atoms with van der Waals surface area (Å²) >= 11 is 0. The van der Waals surface area contributed by atoms with E-state index in [1.165, 1.54) is 6.26 Å². The van der Waals surface area contributed by atoms with Crippen LogP contribution in [0.1, 0.15) is 89.8 Å². The molecule has 4 atom stereocenters. The largest absolute Gasteiger partial charge is 0.474 e. The molecule has 0 bridgehead atoms. The fourth-order valence-corrected chi connectivity index (χ4v) is 5.43. The zero-order valence-electron chi connectivity index (χ0n) is 25.4. The minimum Gasteiger partial charge on any atom is -0.474 e. The Hall–Kier alpha value is -3.31. The van der Waals surface area contributed by atoms with E-state index in [1.807, 2.05) is 61.5 Å². The van der Waals surface area contributed by atoms with Gasteiger partial charge in [-0.05, 0) is 70.2 Å². The quantitative estimate of drug-likeness (QED) is 0.266. The van der Waals surface area contributed by atoms with E-state index in [4.69, 9.17) is 25.0 Å². The van der Waals surface area contributed by atoms with Crippen molar-refractivity contribution >= 4 is 38.1 Å². The van der Waals surface area contributed by atoms with E-state index in [1.54, 1.807) is 24.5 Å². The normalized spacial score (nSPS) is 20.3. The lowest BCUT2D eigenvalue weighted by Gasteiger charge is -2.36. The van der Waals surface area contributed by atoms with Gasteiger partial charge in [-0.25, -0.2) is 24.0 Å². The predicted octanol–water partition coefficient (Wildman–Crippen LogP) is 5.80. The van der Waals surface area contributed by atoms with Crippen molar-refractivity contribution in [1.82, 2.24) is 15.0 Å². The minimum atomic E-state index is -2.79. The van der Waals surface area contributed by atoms with Crippen molar-refractivity contribution in [3.8, 4) is 5.88 Å². The van der Waals surface area contributed by atoms with E-state index in [0.717, 1.165) is 10.9 Å². The van der Waals surface area contributed by atoms with E-state index in [2.05, 4.69) is 15.3 Å². The van der Waals surface area contributed by atoms with Crippen LogP contribution in [0.2, 0.25) is 0 Å². The molecule has 41 heavy (non-hydrogen) atoms. The molecule has 3 aromatic heterocycles. The Morgan fingerprint density at radius 1 is 1.20 bits per heavy atom. The monoisotopic (exact) mass is 582 g/mol. The number of esters is 1. The molecule has 222 valence electrons. The molecular weight excluding hydrogens is 540 g/mol. The molecule has 4 N–H and O–H groups in total. The van der Waals surface area contributed by atoms with E-state index in [-0.39, 0.29) is 18.2 Å². The van der Waals surface area contributed by atoms with Crippen LogP contribution in [-0.4, -0.2) is 48.3 Å². The number of ether oxygens (including phenoxy) is 2. The Labute approximate surface area is 242 Å². The Bertz CT molecular complexity index is 1600. The van der Waals surface area contributed by atoms with E-state index in [0.29, 0.717) is 47.0 Å². The average molecular weight is 583 g/mol. The second-order valence-corrected chi connectivity index (χ2v) is 15.4. The van der Waals surface area contributed by atoms with Crippen LogP contribution in [0.5, 0.6) is 5.88 Å². The number of fused-ring (bicyclic) bond motifs is 2. The SMILES string of the molecule is CC[C@@](C)(N)c1cnc(O[C@@H](C)CC(C)(C)S(C)(=N)=O)c2cnc(Nc3ccc4c(n3)C(C)(C)[C@H](C)OC4=O)cc12. The number of rotatable bonds is 9.